The zero-order valence-electron chi connectivity index (χ0n) is 16.2. The van der Waals surface area contributed by atoms with Crippen LogP contribution >= 0.6 is 11.5 Å². The normalized spacial score (nSPS) is 14.5. The first-order chi connectivity index (χ1) is 13.6. The van der Waals surface area contributed by atoms with Crippen molar-refractivity contribution >= 4 is 22.6 Å². The number of nitrogens with zero attached hydrogens (tertiary/aromatic N) is 6. The van der Waals surface area contributed by atoms with Gasteiger partial charge in [-0.25, -0.2) is 4.98 Å². The summed E-state index contributed by atoms with van der Waals surface area (Å²) in [5, 5.41) is 5.14. The summed E-state index contributed by atoms with van der Waals surface area (Å²) < 4.78 is 6.30. The van der Waals surface area contributed by atoms with E-state index in [2.05, 4.69) is 45.6 Å². The van der Waals surface area contributed by atoms with Crippen LogP contribution in [0.3, 0.4) is 0 Å². The standard InChI is InChI=1S/C20H24N6OS/c1-3-26-14-17(13-21-26)19(27)24-8-10-25(11-9-24)20-22-18(23-28-20)12-16-6-4-15(2)5-7-16/h4-7,13-14H,3,8-12H2,1-2H3. The number of amides is 1. The molecule has 0 N–H and O–H groups in total. The van der Waals surface area contributed by atoms with Gasteiger partial charge in [-0.15, -0.1) is 0 Å². The molecular formula is C20H24N6OS. The summed E-state index contributed by atoms with van der Waals surface area (Å²) in [6.07, 6.45) is 4.22. The van der Waals surface area contributed by atoms with E-state index in [-0.39, 0.29) is 5.91 Å². The molecule has 3 aromatic rings. The Morgan fingerprint density at radius 2 is 1.89 bits per heavy atom. The number of aryl methyl sites for hydroxylation is 2. The molecule has 0 saturated carbocycles. The van der Waals surface area contributed by atoms with Gasteiger partial charge in [0.25, 0.3) is 5.91 Å². The molecule has 1 aromatic carbocycles. The Hall–Kier alpha value is -2.74. The number of carbonyl (C=O) groups excluding carboxylic acids is 1. The fourth-order valence-electron chi connectivity index (χ4n) is 3.26. The second-order valence-corrected chi connectivity index (χ2v) is 7.75. The van der Waals surface area contributed by atoms with Gasteiger partial charge in [-0.3, -0.25) is 9.48 Å². The van der Waals surface area contributed by atoms with Crippen LogP contribution in [0.15, 0.2) is 36.7 Å². The molecule has 1 fully saturated rings. The van der Waals surface area contributed by atoms with Gasteiger partial charge < -0.3 is 9.80 Å². The molecule has 0 radical (unpaired) electrons. The SMILES string of the molecule is CCn1cc(C(=O)N2CCN(c3nc(Cc4ccc(C)cc4)ns3)CC2)cn1. The van der Waals surface area contributed by atoms with Crippen molar-refractivity contribution in [3.63, 3.8) is 0 Å². The number of benzene rings is 1. The van der Waals surface area contributed by atoms with Crippen molar-refractivity contribution in [1.29, 1.82) is 0 Å². The first-order valence-electron chi connectivity index (χ1n) is 9.57. The molecule has 1 aliphatic heterocycles. The maximum Gasteiger partial charge on any atom is 0.257 e. The predicted molar refractivity (Wildman–Crippen MR) is 110 cm³/mol. The third-order valence-corrected chi connectivity index (χ3v) is 5.80. The van der Waals surface area contributed by atoms with Gasteiger partial charge in [0.05, 0.1) is 11.8 Å². The number of anilines is 1. The summed E-state index contributed by atoms with van der Waals surface area (Å²) in [4.78, 5) is 21.5. The second-order valence-electron chi connectivity index (χ2n) is 7.02. The summed E-state index contributed by atoms with van der Waals surface area (Å²) in [7, 11) is 0. The lowest BCUT2D eigenvalue weighted by molar-refractivity contribution is 0.0746. The van der Waals surface area contributed by atoms with E-state index >= 15 is 0 Å². The highest BCUT2D eigenvalue weighted by Gasteiger charge is 2.24. The zero-order valence-corrected chi connectivity index (χ0v) is 17.0. The minimum Gasteiger partial charge on any atom is -0.343 e. The second kappa shape index (κ2) is 8.10. The van der Waals surface area contributed by atoms with Crippen LogP contribution in [0.4, 0.5) is 5.13 Å². The van der Waals surface area contributed by atoms with E-state index in [0.717, 1.165) is 37.0 Å². The number of rotatable bonds is 5. The smallest absolute Gasteiger partial charge is 0.257 e. The molecule has 3 heterocycles. The third-order valence-electron chi connectivity index (χ3n) is 4.98. The van der Waals surface area contributed by atoms with Crippen molar-refractivity contribution < 1.29 is 4.79 Å². The number of aromatic nitrogens is 4. The maximum atomic E-state index is 12.6. The quantitative estimate of drug-likeness (QED) is 0.663. The van der Waals surface area contributed by atoms with E-state index < -0.39 is 0 Å². The fourth-order valence-corrected chi connectivity index (χ4v) is 4.00. The Morgan fingerprint density at radius 1 is 1.14 bits per heavy atom. The summed E-state index contributed by atoms with van der Waals surface area (Å²) >= 11 is 1.44. The topological polar surface area (TPSA) is 67.2 Å². The van der Waals surface area contributed by atoms with Crippen LogP contribution in [0.5, 0.6) is 0 Å². The Kier molecular flexibility index (Phi) is 5.38. The van der Waals surface area contributed by atoms with Gasteiger partial charge in [0.1, 0.15) is 5.82 Å². The lowest BCUT2D eigenvalue weighted by Crippen LogP contribution is -2.48. The minimum absolute atomic E-state index is 0.0525. The van der Waals surface area contributed by atoms with E-state index in [9.17, 15) is 4.79 Å². The number of hydrogen-bond donors (Lipinski definition) is 0. The van der Waals surface area contributed by atoms with Crippen LogP contribution in [0, 0.1) is 6.92 Å². The molecule has 28 heavy (non-hydrogen) atoms. The molecule has 0 bridgehead atoms. The third kappa shape index (κ3) is 4.06. The first kappa shape index (κ1) is 18.6. The summed E-state index contributed by atoms with van der Waals surface area (Å²) in [5.41, 5.74) is 3.13. The van der Waals surface area contributed by atoms with E-state index in [1.165, 1.54) is 22.7 Å². The summed E-state index contributed by atoms with van der Waals surface area (Å²) in [5.74, 6) is 0.908. The first-order valence-corrected chi connectivity index (χ1v) is 10.3. The van der Waals surface area contributed by atoms with Gasteiger partial charge in [0.15, 0.2) is 0 Å². The lowest BCUT2D eigenvalue weighted by Gasteiger charge is -2.34. The molecule has 7 nitrogen and oxygen atoms in total. The monoisotopic (exact) mass is 396 g/mol. The Morgan fingerprint density at radius 3 is 2.57 bits per heavy atom. The molecule has 0 unspecified atom stereocenters. The lowest BCUT2D eigenvalue weighted by atomic mass is 10.1. The molecule has 1 amide bonds. The molecule has 1 aliphatic rings. The van der Waals surface area contributed by atoms with Gasteiger partial charge in [0, 0.05) is 56.9 Å². The zero-order chi connectivity index (χ0) is 19.5. The van der Waals surface area contributed by atoms with Gasteiger partial charge >= 0.3 is 0 Å². The van der Waals surface area contributed by atoms with Gasteiger partial charge in [-0.05, 0) is 19.4 Å². The highest BCUT2D eigenvalue weighted by Crippen LogP contribution is 2.21. The molecule has 0 atom stereocenters. The van der Waals surface area contributed by atoms with Gasteiger partial charge in [0.2, 0.25) is 5.13 Å². The van der Waals surface area contributed by atoms with Crippen LogP contribution < -0.4 is 4.90 Å². The largest absolute Gasteiger partial charge is 0.343 e. The fraction of sp³-hybridized carbons (Fsp3) is 0.400. The Labute approximate surface area is 168 Å². The average Bonchev–Trinajstić information content (AvgIpc) is 3.39. The van der Waals surface area contributed by atoms with Crippen molar-refractivity contribution in [1.82, 2.24) is 24.0 Å². The van der Waals surface area contributed by atoms with E-state index in [4.69, 9.17) is 4.98 Å². The van der Waals surface area contributed by atoms with Crippen molar-refractivity contribution in [2.45, 2.75) is 26.8 Å². The minimum atomic E-state index is 0.0525. The maximum absolute atomic E-state index is 12.6. The number of carbonyl (C=O) groups is 1. The van der Waals surface area contributed by atoms with Crippen LogP contribution in [-0.2, 0) is 13.0 Å². The molecule has 2 aromatic heterocycles. The molecule has 0 aliphatic carbocycles. The summed E-state index contributed by atoms with van der Waals surface area (Å²) in [6, 6.07) is 8.48. The predicted octanol–water partition coefficient (Wildman–Crippen LogP) is 2.62. The molecular weight excluding hydrogens is 372 g/mol. The van der Waals surface area contributed by atoms with Crippen molar-refractivity contribution in [2.75, 3.05) is 31.1 Å². The van der Waals surface area contributed by atoms with Crippen molar-refractivity contribution in [2.24, 2.45) is 0 Å². The van der Waals surface area contributed by atoms with Crippen molar-refractivity contribution in [3.8, 4) is 0 Å². The molecule has 4 rings (SSSR count). The van der Waals surface area contributed by atoms with Gasteiger partial charge in [-0.1, -0.05) is 29.8 Å². The van der Waals surface area contributed by atoms with E-state index in [0.29, 0.717) is 18.7 Å². The highest BCUT2D eigenvalue weighted by molar-refractivity contribution is 7.09. The average molecular weight is 397 g/mol. The van der Waals surface area contributed by atoms with Crippen LogP contribution in [0.2, 0.25) is 0 Å². The number of hydrogen-bond acceptors (Lipinski definition) is 6. The van der Waals surface area contributed by atoms with Gasteiger partial charge in [-0.2, -0.15) is 9.47 Å². The molecule has 8 heteroatoms. The molecule has 146 valence electrons. The molecule has 0 spiro atoms. The van der Waals surface area contributed by atoms with E-state index in [1.54, 1.807) is 10.9 Å². The van der Waals surface area contributed by atoms with E-state index in [1.807, 2.05) is 18.0 Å². The summed E-state index contributed by atoms with van der Waals surface area (Å²) in [6.45, 7) is 7.77. The molecule has 1 saturated heterocycles. The Balaban J connectivity index is 1.34. The van der Waals surface area contributed by atoms with Crippen LogP contribution in [0.25, 0.3) is 0 Å². The number of piperazine rings is 1. The van der Waals surface area contributed by atoms with Crippen LogP contribution in [-0.4, -0.2) is 56.1 Å². The highest BCUT2D eigenvalue weighted by atomic mass is 32.1. The Bertz CT molecular complexity index is 940. The van der Waals surface area contributed by atoms with Crippen molar-refractivity contribution in [3.05, 3.63) is 59.2 Å². The van der Waals surface area contributed by atoms with Crippen LogP contribution in [0.1, 0.15) is 34.2 Å².